The molecule has 1 N–H and O–H groups in total. The highest BCUT2D eigenvalue weighted by atomic mass is 16.5. The van der Waals surface area contributed by atoms with Gasteiger partial charge in [0.25, 0.3) is 0 Å². The van der Waals surface area contributed by atoms with Crippen LogP contribution in [-0.4, -0.2) is 43.2 Å². The van der Waals surface area contributed by atoms with Gasteiger partial charge in [0.15, 0.2) is 0 Å². The third-order valence-electron chi connectivity index (χ3n) is 5.73. The lowest BCUT2D eigenvalue weighted by Crippen LogP contribution is -2.35. The van der Waals surface area contributed by atoms with Crippen LogP contribution in [0.25, 0.3) is 0 Å². The third kappa shape index (κ3) is 2.63. The molecule has 4 atom stereocenters. The molecule has 4 rings (SSSR count). The normalized spacial score (nSPS) is 34.5. The fourth-order valence-corrected chi connectivity index (χ4v) is 4.85. The van der Waals surface area contributed by atoms with Crippen LogP contribution in [0.5, 0.6) is 0 Å². The molecule has 3 heteroatoms. The minimum atomic E-state index is 0.753. The number of hydrogen-bond donors (Lipinski definition) is 1. The smallest absolute Gasteiger partial charge is 0.0716 e. The minimum Gasteiger partial charge on any atom is -0.377 e. The summed E-state index contributed by atoms with van der Waals surface area (Å²) in [5, 5.41) is 3.59. The van der Waals surface area contributed by atoms with Gasteiger partial charge >= 0.3 is 0 Å². The zero-order valence-electron chi connectivity index (χ0n) is 12.7. The van der Waals surface area contributed by atoms with Crippen molar-refractivity contribution >= 4 is 0 Å². The maximum atomic E-state index is 5.83. The highest BCUT2D eigenvalue weighted by Crippen LogP contribution is 2.47. The van der Waals surface area contributed by atoms with Crippen LogP contribution in [0.2, 0.25) is 0 Å². The number of hydrogen-bond acceptors (Lipinski definition) is 3. The van der Waals surface area contributed by atoms with Gasteiger partial charge in [-0.1, -0.05) is 30.3 Å². The Labute approximate surface area is 127 Å². The second kappa shape index (κ2) is 6.07. The summed E-state index contributed by atoms with van der Waals surface area (Å²) >= 11 is 0. The van der Waals surface area contributed by atoms with Crippen LogP contribution >= 0.6 is 0 Å². The number of nitrogens with zero attached hydrogens (tertiary/aromatic N) is 1. The zero-order chi connectivity index (χ0) is 14.1. The molecule has 2 bridgehead atoms. The first-order chi connectivity index (χ1) is 10.4. The summed E-state index contributed by atoms with van der Waals surface area (Å²) in [5.41, 5.74) is 1.28. The molecule has 1 aromatic carbocycles. The molecule has 1 aromatic rings. The summed E-state index contributed by atoms with van der Waals surface area (Å²) in [6.45, 7) is 5.39. The molecule has 3 saturated heterocycles. The molecule has 114 valence electrons. The van der Waals surface area contributed by atoms with Gasteiger partial charge < -0.3 is 10.1 Å². The monoisotopic (exact) mass is 286 g/mol. The number of nitrogens with one attached hydrogen (secondary N) is 1. The highest BCUT2D eigenvalue weighted by molar-refractivity contribution is 5.13. The zero-order valence-corrected chi connectivity index (χ0v) is 12.7. The van der Waals surface area contributed by atoms with E-state index < -0.39 is 0 Å². The van der Waals surface area contributed by atoms with E-state index in [1.54, 1.807) is 0 Å². The molecular formula is C18H26N2O. The van der Waals surface area contributed by atoms with E-state index in [4.69, 9.17) is 4.74 Å². The van der Waals surface area contributed by atoms with E-state index in [1.807, 2.05) is 0 Å². The average molecular weight is 286 g/mol. The predicted molar refractivity (Wildman–Crippen MR) is 84.1 cm³/mol. The Morgan fingerprint density at radius 3 is 2.48 bits per heavy atom. The van der Waals surface area contributed by atoms with Crippen molar-refractivity contribution in [3.63, 3.8) is 0 Å². The van der Waals surface area contributed by atoms with Crippen LogP contribution in [0.1, 0.15) is 24.8 Å². The van der Waals surface area contributed by atoms with Gasteiger partial charge in [-0.2, -0.15) is 0 Å². The lowest BCUT2D eigenvalue weighted by molar-refractivity contribution is 0.104. The van der Waals surface area contributed by atoms with Crippen molar-refractivity contribution in [2.45, 2.75) is 38.0 Å². The van der Waals surface area contributed by atoms with Crippen LogP contribution in [0, 0.1) is 11.8 Å². The Kier molecular flexibility index (Phi) is 3.97. The Hall–Kier alpha value is -0.900. The summed E-state index contributed by atoms with van der Waals surface area (Å²) in [6.07, 6.45) is 4.03. The van der Waals surface area contributed by atoms with Crippen LogP contribution in [0.3, 0.4) is 0 Å². The fraction of sp³-hybridized carbons (Fsp3) is 0.667. The lowest BCUT2D eigenvalue weighted by atomic mass is 9.82. The second-order valence-electron chi connectivity index (χ2n) is 6.83. The molecule has 3 aliphatic rings. The molecule has 0 spiro atoms. The van der Waals surface area contributed by atoms with E-state index in [0.717, 1.165) is 37.1 Å². The van der Waals surface area contributed by atoms with Crippen molar-refractivity contribution in [3.8, 4) is 0 Å². The fourth-order valence-electron chi connectivity index (χ4n) is 4.85. The van der Waals surface area contributed by atoms with Gasteiger partial charge in [0.2, 0.25) is 0 Å². The van der Waals surface area contributed by atoms with Crippen molar-refractivity contribution in [3.05, 3.63) is 35.9 Å². The van der Waals surface area contributed by atoms with Crippen LogP contribution in [0.15, 0.2) is 30.3 Å². The van der Waals surface area contributed by atoms with Gasteiger partial charge in [-0.05, 0) is 49.8 Å². The van der Waals surface area contributed by atoms with E-state index >= 15 is 0 Å². The largest absolute Gasteiger partial charge is 0.377 e. The SMILES string of the molecule is c1ccc(COCCCN2[C@@H]3CC[C@H]2[C@H]2CNC[C@H]23)cc1. The van der Waals surface area contributed by atoms with Crippen LogP contribution in [0.4, 0.5) is 0 Å². The summed E-state index contributed by atoms with van der Waals surface area (Å²) in [5.74, 6) is 1.88. The molecule has 0 amide bonds. The van der Waals surface area contributed by atoms with E-state index in [2.05, 4.69) is 40.5 Å². The van der Waals surface area contributed by atoms with Gasteiger partial charge in [0.05, 0.1) is 6.61 Å². The molecule has 3 fully saturated rings. The molecule has 21 heavy (non-hydrogen) atoms. The van der Waals surface area contributed by atoms with Gasteiger partial charge in [0.1, 0.15) is 0 Å². The number of benzene rings is 1. The van der Waals surface area contributed by atoms with Gasteiger partial charge in [-0.15, -0.1) is 0 Å². The van der Waals surface area contributed by atoms with Gasteiger partial charge in [-0.3, -0.25) is 4.90 Å². The molecule has 0 radical (unpaired) electrons. The van der Waals surface area contributed by atoms with Crippen molar-refractivity contribution < 1.29 is 4.74 Å². The van der Waals surface area contributed by atoms with E-state index in [0.29, 0.717) is 0 Å². The van der Waals surface area contributed by atoms with Crippen molar-refractivity contribution in [2.24, 2.45) is 11.8 Å². The third-order valence-corrected chi connectivity index (χ3v) is 5.73. The predicted octanol–water partition coefficient (Wildman–Crippen LogP) is 2.28. The number of rotatable bonds is 6. The molecule has 0 unspecified atom stereocenters. The molecule has 0 aromatic heterocycles. The van der Waals surface area contributed by atoms with Gasteiger partial charge in [0, 0.05) is 25.2 Å². The standard InChI is InChI=1S/C18H26N2O/c1-2-5-14(6-3-1)13-21-10-4-9-20-17-7-8-18(20)16-12-19-11-15(16)17/h1-3,5-6,15-19H,4,7-13H2/t15-,16+,17-,18+. The summed E-state index contributed by atoms with van der Waals surface area (Å²) in [4.78, 5) is 2.81. The minimum absolute atomic E-state index is 0.753. The first-order valence-electron chi connectivity index (χ1n) is 8.51. The van der Waals surface area contributed by atoms with E-state index in [1.165, 1.54) is 44.5 Å². The molecule has 3 heterocycles. The molecular weight excluding hydrogens is 260 g/mol. The summed E-state index contributed by atoms with van der Waals surface area (Å²) in [7, 11) is 0. The molecule has 0 saturated carbocycles. The van der Waals surface area contributed by atoms with Crippen molar-refractivity contribution in [2.75, 3.05) is 26.2 Å². The Bertz CT molecular complexity index is 446. The second-order valence-corrected chi connectivity index (χ2v) is 6.83. The Morgan fingerprint density at radius 1 is 1.05 bits per heavy atom. The molecule has 0 aliphatic carbocycles. The van der Waals surface area contributed by atoms with E-state index in [9.17, 15) is 0 Å². The maximum absolute atomic E-state index is 5.83. The Morgan fingerprint density at radius 2 is 1.76 bits per heavy atom. The first-order valence-corrected chi connectivity index (χ1v) is 8.51. The topological polar surface area (TPSA) is 24.5 Å². The lowest BCUT2D eigenvalue weighted by Gasteiger charge is -2.24. The maximum Gasteiger partial charge on any atom is 0.0716 e. The van der Waals surface area contributed by atoms with Crippen LogP contribution < -0.4 is 5.32 Å². The molecule has 3 nitrogen and oxygen atoms in total. The first kappa shape index (κ1) is 13.7. The average Bonchev–Trinajstić information content (AvgIpc) is 3.20. The summed E-state index contributed by atoms with van der Waals surface area (Å²) < 4.78 is 5.83. The van der Waals surface area contributed by atoms with Gasteiger partial charge in [-0.25, -0.2) is 0 Å². The van der Waals surface area contributed by atoms with Crippen molar-refractivity contribution in [1.82, 2.24) is 10.2 Å². The van der Waals surface area contributed by atoms with E-state index in [-0.39, 0.29) is 0 Å². The van der Waals surface area contributed by atoms with Crippen LogP contribution in [-0.2, 0) is 11.3 Å². The highest BCUT2D eigenvalue weighted by Gasteiger charge is 2.53. The number of ether oxygens (including phenoxy) is 1. The Balaban J connectivity index is 1.20. The number of fused-ring (bicyclic) bond motifs is 5. The van der Waals surface area contributed by atoms with Crippen molar-refractivity contribution in [1.29, 1.82) is 0 Å². The molecule has 3 aliphatic heterocycles. The quantitative estimate of drug-likeness (QED) is 0.812. The summed E-state index contributed by atoms with van der Waals surface area (Å²) in [6, 6.07) is 12.2.